The first-order valence-electron chi connectivity index (χ1n) is 11.7. The number of anilines is 2. The first kappa shape index (κ1) is 25.5. The molecule has 34 heavy (non-hydrogen) atoms. The summed E-state index contributed by atoms with van der Waals surface area (Å²) in [6.07, 6.45) is 8.60. The molecule has 5 rings (SSSR count). The summed E-state index contributed by atoms with van der Waals surface area (Å²) in [4.78, 5) is 13.1. The number of hydrogen-bond acceptors (Lipinski definition) is 5. The molecule has 2 amide bonds. The van der Waals surface area contributed by atoms with Gasteiger partial charge in [0.05, 0.1) is 23.6 Å². The molecule has 0 unspecified atom stereocenters. The van der Waals surface area contributed by atoms with Gasteiger partial charge in [-0.1, -0.05) is 6.07 Å². The molecule has 0 bridgehead atoms. The average Bonchev–Trinajstić information content (AvgIpc) is 3.51. The summed E-state index contributed by atoms with van der Waals surface area (Å²) in [5.41, 5.74) is 6.89. The summed E-state index contributed by atoms with van der Waals surface area (Å²) in [6.45, 7) is 2.77. The molecule has 2 heterocycles. The molecule has 0 spiro atoms. The molecule has 180 valence electrons. The summed E-state index contributed by atoms with van der Waals surface area (Å²) < 4.78 is 37.7. The zero-order chi connectivity index (χ0) is 23.2. The van der Waals surface area contributed by atoms with Gasteiger partial charge >= 0.3 is 45.8 Å². The number of aromatic nitrogens is 2. The maximum absolute atomic E-state index is 13.5. The molecular formula is C23H32N5NaO4S. The van der Waals surface area contributed by atoms with Gasteiger partial charge in [0.25, 0.3) is 0 Å². The summed E-state index contributed by atoms with van der Waals surface area (Å²) in [5, 5.41) is 7.15. The van der Waals surface area contributed by atoms with Crippen molar-refractivity contribution < 1.29 is 17.9 Å². The van der Waals surface area contributed by atoms with Crippen molar-refractivity contribution in [1.82, 2.24) is 14.5 Å². The number of carbonyl (C=O) groups is 1. The van der Waals surface area contributed by atoms with E-state index >= 15 is 0 Å². The third-order valence-corrected chi connectivity index (χ3v) is 8.62. The van der Waals surface area contributed by atoms with Crippen molar-refractivity contribution in [3.8, 4) is 0 Å². The second-order valence-corrected chi connectivity index (χ2v) is 10.7. The van der Waals surface area contributed by atoms with Crippen LogP contribution in [0.15, 0.2) is 12.3 Å². The zero-order valence-electron chi connectivity index (χ0n) is 19.2. The van der Waals surface area contributed by atoms with Crippen LogP contribution in [0.5, 0.6) is 0 Å². The van der Waals surface area contributed by atoms with Crippen LogP contribution in [0.25, 0.3) is 0 Å². The molecule has 0 saturated carbocycles. The van der Waals surface area contributed by atoms with E-state index in [-0.39, 0.29) is 35.6 Å². The Balaban J connectivity index is 0.00000274. The monoisotopic (exact) mass is 497 g/mol. The van der Waals surface area contributed by atoms with E-state index in [4.69, 9.17) is 4.74 Å². The molecule has 2 aliphatic carbocycles. The van der Waals surface area contributed by atoms with E-state index in [9.17, 15) is 13.2 Å². The molecule has 1 aliphatic heterocycles. The third-order valence-electron chi connectivity index (χ3n) is 7.16. The fraction of sp³-hybridized carbons (Fsp3) is 0.565. The molecule has 9 nitrogen and oxygen atoms in total. The number of fused-ring (bicyclic) bond motifs is 2. The van der Waals surface area contributed by atoms with Crippen LogP contribution in [-0.4, -0.2) is 73.0 Å². The molecule has 1 saturated heterocycles. The Labute approximate surface area is 223 Å². The number of nitrogens with one attached hydrogen (secondary N) is 2. The van der Waals surface area contributed by atoms with Crippen molar-refractivity contribution in [1.29, 1.82) is 0 Å². The van der Waals surface area contributed by atoms with Crippen molar-refractivity contribution in [2.75, 3.05) is 22.8 Å². The summed E-state index contributed by atoms with van der Waals surface area (Å²) in [6, 6.07) is 1.25. The van der Waals surface area contributed by atoms with Crippen molar-refractivity contribution in [3.05, 3.63) is 40.2 Å². The van der Waals surface area contributed by atoms with Crippen molar-refractivity contribution >= 4 is 57.2 Å². The molecule has 1 aromatic carbocycles. The average molecular weight is 498 g/mol. The Hall–Kier alpha value is -1.59. The topological polar surface area (TPSA) is 106 Å². The standard InChI is InChI=1S/C23H31N5O4S.Na.H/c1-15-21(14-24-27(15)2)28(18-9-11-32-12-10-18)33(30,31)26-23(29)25-22-19-7-3-5-16(19)13-17-6-4-8-20(17)22;;/h13-14,18H,3-12H2,1-2H3,(H2,25,26,29);;. The van der Waals surface area contributed by atoms with Gasteiger partial charge in [-0.3, -0.25) is 4.68 Å². The Morgan fingerprint density at radius 1 is 1.12 bits per heavy atom. The number of hydrogen-bond donors (Lipinski definition) is 2. The van der Waals surface area contributed by atoms with Crippen LogP contribution in [-0.2, 0) is 47.7 Å². The van der Waals surface area contributed by atoms with Gasteiger partial charge in [-0.05, 0) is 80.5 Å². The quantitative estimate of drug-likeness (QED) is 0.616. The molecule has 1 aromatic heterocycles. The van der Waals surface area contributed by atoms with Crippen LogP contribution in [0.4, 0.5) is 16.2 Å². The Morgan fingerprint density at radius 2 is 1.74 bits per heavy atom. The molecule has 3 aliphatic rings. The number of aryl methyl sites for hydroxylation is 3. The number of urea groups is 1. The molecule has 0 radical (unpaired) electrons. The second-order valence-electron chi connectivity index (χ2n) is 9.17. The van der Waals surface area contributed by atoms with Gasteiger partial charge in [0.2, 0.25) is 0 Å². The maximum atomic E-state index is 13.5. The van der Waals surface area contributed by atoms with E-state index in [2.05, 4.69) is 21.2 Å². The van der Waals surface area contributed by atoms with E-state index in [0.29, 0.717) is 37.4 Å². The minimum absolute atomic E-state index is 0. The van der Waals surface area contributed by atoms with Crippen LogP contribution >= 0.6 is 0 Å². The van der Waals surface area contributed by atoms with Crippen LogP contribution in [0.3, 0.4) is 0 Å². The first-order chi connectivity index (χ1) is 15.8. The molecule has 0 atom stereocenters. The fourth-order valence-corrected chi connectivity index (χ4v) is 6.84. The van der Waals surface area contributed by atoms with E-state index < -0.39 is 16.2 Å². The van der Waals surface area contributed by atoms with E-state index in [1.54, 1.807) is 17.9 Å². The Kier molecular flexibility index (Phi) is 7.64. The van der Waals surface area contributed by atoms with Gasteiger partial charge in [0.15, 0.2) is 0 Å². The first-order valence-corrected chi connectivity index (χ1v) is 13.1. The number of amides is 2. The molecular weight excluding hydrogens is 465 g/mol. The van der Waals surface area contributed by atoms with Crippen LogP contribution in [0.2, 0.25) is 0 Å². The number of nitrogens with zero attached hydrogens (tertiary/aromatic N) is 3. The molecule has 11 heteroatoms. The van der Waals surface area contributed by atoms with Crippen LogP contribution < -0.4 is 14.3 Å². The number of carbonyl (C=O) groups excluding carboxylic acids is 1. The SMILES string of the molecule is Cc1c(N(C2CCOCC2)S(=O)(=O)NC(=O)Nc2c3c(cc4c2CCC4)CCC3)cnn1C.[NaH]. The third kappa shape index (κ3) is 4.75. The molecule has 2 aromatic rings. The summed E-state index contributed by atoms with van der Waals surface area (Å²) in [5.74, 6) is 0. The summed E-state index contributed by atoms with van der Waals surface area (Å²) in [7, 11) is -2.40. The predicted molar refractivity (Wildman–Crippen MR) is 133 cm³/mol. The number of ether oxygens (including phenoxy) is 1. The molecule has 2 N–H and O–H groups in total. The van der Waals surface area contributed by atoms with Gasteiger partial charge in [0, 0.05) is 25.9 Å². The van der Waals surface area contributed by atoms with Gasteiger partial charge in [-0.2, -0.15) is 13.5 Å². The van der Waals surface area contributed by atoms with Crippen molar-refractivity contribution in [3.63, 3.8) is 0 Å². The number of rotatable bonds is 5. The normalized spacial score (nSPS) is 17.6. The van der Waals surface area contributed by atoms with Crippen LogP contribution in [0.1, 0.15) is 53.6 Å². The Bertz CT molecular complexity index is 1160. The zero-order valence-corrected chi connectivity index (χ0v) is 20.0. The minimum atomic E-state index is -4.17. The molecule has 1 fully saturated rings. The van der Waals surface area contributed by atoms with E-state index in [1.165, 1.54) is 15.4 Å². The van der Waals surface area contributed by atoms with E-state index in [1.807, 2.05) is 6.92 Å². The van der Waals surface area contributed by atoms with Gasteiger partial charge < -0.3 is 10.1 Å². The van der Waals surface area contributed by atoms with Crippen molar-refractivity contribution in [2.45, 2.75) is 64.3 Å². The predicted octanol–water partition coefficient (Wildman–Crippen LogP) is 2.11. The number of benzene rings is 1. The van der Waals surface area contributed by atoms with Crippen molar-refractivity contribution in [2.24, 2.45) is 7.05 Å². The van der Waals surface area contributed by atoms with Crippen LogP contribution in [0, 0.1) is 6.92 Å². The van der Waals surface area contributed by atoms with E-state index in [0.717, 1.165) is 55.3 Å². The second kappa shape index (κ2) is 10.2. The van der Waals surface area contributed by atoms with Gasteiger partial charge in [0.1, 0.15) is 0 Å². The fourth-order valence-electron chi connectivity index (χ4n) is 5.42. The van der Waals surface area contributed by atoms with Gasteiger partial charge in [-0.15, -0.1) is 0 Å². The summed E-state index contributed by atoms with van der Waals surface area (Å²) >= 11 is 0. The van der Waals surface area contributed by atoms with Gasteiger partial charge in [-0.25, -0.2) is 13.8 Å². The Morgan fingerprint density at radius 3 is 2.29 bits per heavy atom.